The van der Waals surface area contributed by atoms with Gasteiger partial charge in [0.05, 0.1) is 6.33 Å². The third-order valence-corrected chi connectivity index (χ3v) is 6.07. The van der Waals surface area contributed by atoms with Crippen molar-refractivity contribution in [3.63, 3.8) is 0 Å². The number of hydrogen-bond donors (Lipinski definition) is 0. The van der Waals surface area contributed by atoms with Gasteiger partial charge >= 0.3 is 0 Å². The molecule has 2 aromatic rings. The predicted octanol–water partition coefficient (Wildman–Crippen LogP) is 8.00. The molecule has 2 unspecified atom stereocenters. The van der Waals surface area contributed by atoms with Gasteiger partial charge in [0.1, 0.15) is 0 Å². The van der Waals surface area contributed by atoms with Gasteiger partial charge in [-0.15, -0.1) is 0 Å². The topological polar surface area (TPSA) is 17.8 Å². The van der Waals surface area contributed by atoms with Crippen LogP contribution < -0.4 is 0 Å². The van der Waals surface area contributed by atoms with Crippen molar-refractivity contribution in [3.8, 4) is 0 Å². The lowest BCUT2D eigenvalue weighted by Gasteiger charge is -2.29. The van der Waals surface area contributed by atoms with Crippen molar-refractivity contribution >= 4 is 0 Å². The molecule has 1 aromatic carbocycles. The van der Waals surface area contributed by atoms with Gasteiger partial charge in [0.25, 0.3) is 0 Å². The predicted molar refractivity (Wildman–Crippen MR) is 122 cm³/mol. The van der Waals surface area contributed by atoms with Gasteiger partial charge in [-0.25, -0.2) is 4.98 Å². The molecule has 0 radical (unpaired) electrons. The number of imidazole rings is 1. The lowest BCUT2D eigenvalue weighted by Crippen LogP contribution is -2.21. The molecule has 0 amide bonds. The Morgan fingerprint density at radius 1 is 0.786 bits per heavy atom. The van der Waals surface area contributed by atoms with Crippen LogP contribution >= 0.6 is 0 Å². The van der Waals surface area contributed by atoms with Crippen molar-refractivity contribution in [2.75, 3.05) is 0 Å². The van der Waals surface area contributed by atoms with Crippen LogP contribution in [0.4, 0.5) is 0 Å². The minimum Gasteiger partial charge on any atom is -0.334 e. The van der Waals surface area contributed by atoms with Crippen LogP contribution in [-0.4, -0.2) is 9.55 Å². The van der Waals surface area contributed by atoms with Crippen LogP contribution in [0.5, 0.6) is 0 Å². The Morgan fingerprint density at radius 3 is 2.11 bits per heavy atom. The monoisotopic (exact) mass is 382 g/mol. The molecule has 1 heterocycles. The van der Waals surface area contributed by atoms with E-state index in [4.69, 9.17) is 0 Å². The molecule has 28 heavy (non-hydrogen) atoms. The highest BCUT2D eigenvalue weighted by molar-refractivity contribution is 5.15. The first-order chi connectivity index (χ1) is 13.8. The minimum absolute atomic E-state index is 0.579. The summed E-state index contributed by atoms with van der Waals surface area (Å²) in [6.45, 7) is 4.60. The highest BCUT2D eigenvalue weighted by Crippen LogP contribution is 2.32. The molecule has 0 bridgehead atoms. The van der Waals surface area contributed by atoms with Crippen LogP contribution in [0.1, 0.15) is 103 Å². The Kier molecular flexibility index (Phi) is 11.7. The van der Waals surface area contributed by atoms with Crippen LogP contribution in [0, 0.1) is 5.92 Å². The van der Waals surface area contributed by atoms with Crippen LogP contribution in [0.15, 0.2) is 49.1 Å². The number of aromatic nitrogens is 2. The number of unbranched alkanes of at least 4 members (excludes halogenated alkanes) is 8. The molecule has 1 aromatic heterocycles. The Bertz CT molecular complexity index is 576. The third-order valence-electron chi connectivity index (χ3n) is 6.07. The molecule has 0 aliphatic rings. The highest BCUT2D eigenvalue weighted by atomic mass is 15.1. The normalized spacial score (nSPS) is 13.5. The molecule has 0 N–H and O–H groups in total. The molecule has 2 rings (SSSR count). The van der Waals surface area contributed by atoms with Gasteiger partial charge in [-0.1, -0.05) is 108 Å². The first-order valence-electron chi connectivity index (χ1n) is 11.9. The number of rotatable bonds is 16. The first-order valence-corrected chi connectivity index (χ1v) is 11.9. The number of nitrogens with zero attached hydrogens (tertiary/aromatic N) is 2. The SMILES string of the molecule is CCCCCCCCCC(C(CCCCC)Cc1ccccc1)n1ccnc1. The molecule has 2 atom stereocenters. The van der Waals surface area contributed by atoms with Crippen molar-refractivity contribution < 1.29 is 0 Å². The average molecular weight is 383 g/mol. The van der Waals surface area contributed by atoms with Crippen LogP contribution in [0.2, 0.25) is 0 Å². The van der Waals surface area contributed by atoms with E-state index in [1.54, 1.807) is 0 Å². The van der Waals surface area contributed by atoms with Gasteiger partial charge < -0.3 is 4.57 Å². The summed E-state index contributed by atoms with van der Waals surface area (Å²) in [7, 11) is 0. The lowest BCUT2D eigenvalue weighted by atomic mass is 9.84. The van der Waals surface area contributed by atoms with E-state index in [2.05, 4.69) is 59.9 Å². The smallest absolute Gasteiger partial charge is 0.0948 e. The maximum absolute atomic E-state index is 4.37. The van der Waals surface area contributed by atoms with Crippen LogP contribution in [-0.2, 0) is 6.42 Å². The maximum Gasteiger partial charge on any atom is 0.0948 e. The second-order valence-corrected chi connectivity index (χ2v) is 8.43. The average Bonchev–Trinajstić information content (AvgIpc) is 3.25. The largest absolute Gasteiger partial charge is 0.334 e. The van der Waals surface area contributed by atoms with Crippen LogP contribution in [0.25, 0.3) is 0 Å². The van der Waals surface area contributed by atoms with E-state index in [1.165, 1.54) is 89.0 Å². The maximum atomic E-state index is 4.37. The van der Waals surface area contributed by atoms with Gasteiger partial charge in [0, 0.05) is 18.4 Å². The van der Waals surface area contributed by atoms with E-state index >= 15 is 0 Å². The Morgan fingerprint density at radius 2 is 1.43 bits per heavy atom. The Hall–Kier alpha value is -1.57. The van der Waals surface area contributed by atoms with Gasteiger partial charge in [0.2, 0.25) is 0 Å². The summed E-state index contributed by atoms with van der Waals surface area (Å²) in [5, 5.41) is 0. The summed E-state index contributed by atoms with van der Waals surface area (Å²) in [4.78, 5) is 4.37. The van der Waals surface area contributed by atoms with E-state index in [-0.39, 0.29) is 0 Å². The van der Waals surface area contributed by atoms with Crippen molar-refractivity contribution in [2.45, 2.75) is 103 Å². The molecular formula is C26H42N2. The fourth-order valence-electron chi connectivity index (χ4n) is 4.41. The molecular weight excluding hydrogens is 340 g/mol. The van der Waals surface area contributed by atoms with E-state index in [0.29, 0.717) is 12.0 Å². The fraction of sp³-hybridized carbons (Fsp3) is 0.654. The number of benzene rings is 1. The zero-order valence-electron chi connectivity index (χ0n) is 18.4. The summed E-state index contributed by atoms with van der Waals surface area (Å²) >= 11 is 0. The van der Waals surface area contributed by atoms with E-state index in [0.717, 1.165) is 0 Å². The second kappa shape index (κ2) is 14.4. The molecule has 0 aliphatic heterocycles. The summed E-state index contributed by atoms with van der Waals surface area (Å²) in [6.07, 6.45) is 23.6. The van der Waals surface area contributed by atoms with E-state index in [1.807, 2.05) is 12.5 Å². The lowest BCUT2D eigenvalue weighted by molar-refractivity contribution is 0.276. The van der Waals surface area contributed by atoms with Gasteiger partial charge in [0.15, 0.2) is 0 Å². The summed E-state index contributed by atoms with van der Waals surface area (Å²) in [5.74, 6) is 0.697. The van der Waals surface area contributed by atoms with E-state index in [9.17, 15) is 0 Å². The molecule has 0 fully saturated rings. The molecule has 0 spiro atoms. The molecule has 0 aliphatic carbocycles. The first kappa shape index (κ1) is 22.7. The Balaban J connectivity index is 1.97. The minimum atomic E-state index is 0.579. The quantitative estimate of drug-likeness (QED) is 0.269. The van der Waals surface area contributed by atoms with Crippen molar-refractivity contribution in [1.29, 1.82) is 0 Å². The van der Waals surface area contributed by atoms with Crippen molar-refractivity contribution in [3.05, 3.63) is 54.6 Å². The summed E-state index contributed by atoms with van der Waals surface area (Å²) in [6, 6.07) is 11.7. The van der Waals surface area contributed by atoms with Crippen LogP contribution in [0.3, 0.4) is 0 Å². The molecule has 2 heteroatoms. The van der Waals surface area contributed by atoms with Gasteiger partial charge in [-0.2, -0.15) is 0 Å². The highest BCUT2D eigenvalue weighted by Gasteiger charge is 2.22. The summed E-state index contributed by atoms with van der Waals surface area (Å²) in [5.41, 5.74) is 1.48. The zero-order valence-corrected chi connectivity index (χ0v) is 18.4. The third kappa shape index (κ3) is 8.63. The van der Waals surface area contributed by atoms with Gasteiger partial charge in [-0.3, -0.25) is 0 Å². The standard InChI is InChI=1S/C26H42N2/c1-3-5-7-8-9-10-15-19-26(28-21-20-27-23-28)25(18-12-6-4-2)22-24-16-13-11-14-17-24/h11,13-14,16-17,20-21,23,25-26H,3-10,12,15,18-19,22H2,1-2H3. The zero-order chi connectivity index (χ0) is 19.9. The second-order valence-electron chi connectivity index (χ2n) is 8.43. The van der Waals surface area contributed by atoms with Gasteiger partial charge in [-0.05, 0) is 30.7 Å². The van der Waals surface area contributed by atoms with Crippen molar-refractivity contribution in [1.82, 2.24) is 9.55 Å². The molecule has 0 saturated heterocycles. The van der Waals surface area contributed by atoms with Crippen molar-refractivity contribution in [2.24, 2.45) is 5.92 Å². The summed E-state index contributed by atoms with van der Waals surface area (Å²) < 4.78 is 2.40. The number of hydrogen-bond acceptors (Lipinski definition) is 1. The molecule has 0 saturated carbocycles. The Labute approximate surface area is 173 Å². The molecule has 2 nitrogen and oxygen atoms in total. The molecule has 156 valence electrons. The van der Waals surface area contributed by atoms with E-state index < -0.39 is 0 Å². The fourth-order valence-corrected chi connectivity index (χ4v) is 4.41.